The van der Waals surface area contributed by atoms with E-state index >= 15 is 0 Å². The van der Waals surface area contributed by atoms with Gasteiger partial charge in [0.2, 0.25) is 0 Å². The molecule has 17 heavy (non-hydrogen) atoms. The molecule has 0 atom stereocenters. The standard InChI is InChI=1S/C11H11Cl2N3O/c12-9-2-1-8(10(13)5-9)3-4-16-7-14-15-11(16)6-17/h1-2,5,7,17H,3-4,6H2. The molecule has 0 bridgehead atoms. The number of aliphatic hydroxyl groups excluding tert-OH is 1. The van der Waals surface area contributed by atoms with E-state index in [1.54, 1.807) is 17.0 Å². The SMILES string of the molecule is OCc1nncn1CCc1ccc(Cl)cc1Cl. The minimum absolute atomic E-state index is 0.117. The van der Waals surface area contributed by atoms with Crippen LogP contribution in [0.15, 0.2) is 24.5 Å². The maximum Gasteiger partial charge on any atom is 0.158 e. The Morgan fingerprint density at radius 2 is 2.12 bits per heavy atom. The number of aromatic nitrogens is 3. The normalized spacial score (nSPS) is 10.8. The predicted octanol–water partition coefficient (Wildman–Crippen LogP) is 2.32. The second-order valence-corrected chi connectivity index (χ2v) is 4.43. The van der Waals surface area contributed by atoms with Crippen molar-refractivity contribution < 1.29 is 5.11 Å². The molecule has 0 unspecified atom stereocenters. The summed E-state index contributed by atoms with van der Waals surface area (Å²) >= 11 is 11.9. The molecule has 2 aromatic rings. The molecular weight excluding hydrogens is 261 g/mol. The summed E-state index contributed by atoms with van der Waals surface area (Å²) < 4.78 is 1.80. The van der Waals surface area contributed by atoms with E-state index in [0.717, 1.165) is 12.0 Å². The molecule has 1 aromatic heterocycles. The van der Waals surface area contributed by atoms with Gasteiger partial charge < -0.3 is 9.67 Å². The summed E-state index contributed by atoms with van der Waals surface area (Å²) in [5.41, 5.74) is 1.01. The van der Waals surface area contributed by atoms with E-state index in [9.17, 15) is 0 Å². The highest BCUT2D eigenvalue weighted by Gasteiger charge is 2.05. The van der Waals surface area contributed by atoms with Crippen molar-refractivity contribution in [3.63, 3.8) is 0 Å². The van der Waals surface area contributed by atoms with E-state index in [2.05, 4.69) is 10.2 Å². The van der Waals surface area contributed by atoms with Crippen LogP contribution < -0.4 is 0 Å². The lowest BCUT2D eigenvalue weighted by Gasteiger charge is -2.07. The molecule has 2 rings (SSSR count). The summed E-state index contributed by atoms with van der Waals surface area (Å²) in [6, 6.07) is 5.42. The Bertz CT molecular complexity index is 513. The zero-order valence-electron chi connectivity index (χ0n) is 8.98. The Hall–Kier alpha value is -1.10. The van der Waals surface area contributed by atoms with Crippen molar-refractivity contribution in [2.24, 2.45) is 0 Å². The van der Waals surface area contributed by atoms with Gasteiger partial charge in [0.25, 0.3) is 0 Å². The number of aliphatic hydroxyl groups is 1. The predicted molar refractivity (Wildman–Crippen MR) is 66.1 cm³/mol. The van der Waals surface area contributed by atoms with Crippen LogP contribution in [0, 0.1) is 0 Å². The fraction of sp³-hybridized carbons (Fsp3) is 0.273. The van der Waals surface area contributed by atoms with Gasteiger partial charge >= 0.3 is 0 Å². The number of halogens is 2. The molecule has 0 saturated carbocycles. The van der Waals surface area contributed by atoms with Crippen molar-refractivity contribution >= 4 is 23.2 Å². The van der Waals surface area contributed by atoms with Crippen molar-refractivity contribution in [1.29, 1.82) is 0 Å². The average molecular weight is 272 g/mol. The van der Waals surface area contributed by atoms with Crippen LogP contribution in [0.3, 0.4) is 0 Å². The lowest BCUT2D eigenvalue weighted by molar-refractivity contribution is 0.264. The maximum atomic E-state index is 9.03. The largest absolute Gasteiger partial charge is 0.388 e. The van der Waals surface area contributed by atoms with Gasteiger partial charge in [-0.3, -0.25) is 0 Å². The first-order valence-corrected chi connectivity index (χ1v) is 5.88. The van der Waals surface area contributed by atoms with Crippen LogP contribution in [0.4, 0.5) is 0 Å². The van der Waals surface area contributed by atoms with Crippen molar-refractivity contribution in [1.82, 2.24) is 14.8 Å². The molecule has 6 heteroatoms. The minimum Gasteiger partial charge on any atom is -0.388 e. The van der Waals surface area contributed by atoms with E-state index in [4.69, 9.17) is 28.3 Å². The molecule has 0 aliphatic rings. The average Bonchev–Trinajstić information content (AvgIpc) is 2.75. The van der Waals surface area contributed by atoms with Crippen LogP contribution in [0.25, 0.3) is 0 Å². The topological polar surface area (TPSA) is 50.9 Å². The highest BCUT2D eigenvalue weighted by atomic mass is 35.5. The Balaban J connectivity index is 2.07. The first kappa shape index (κ1) is 12.4. The summed E-state index contributed by atoms with van der Waals surface area (Å²) in [6.07, 6.45) is 2.33. The zero-order valence-corrected chi connectivity index (χ0v) is 10.5. The van der Waals surface area contributed by atoms with Gasteiger partial charge in [-0.25, -0.2) is 0 Å². The molecule has 0 aliphatic carbocycles. The Morgan fingerprint density at radius 1 is 1.29 bits per heavy atom. The van der Waals surface area contributed by atoms with Gasteiger partial charge in [-0.2, -0.15) is 0 Å². The summed E-state index contributed by atoms with van der Waals surface area (Å²) in [4.78, 5) is 0. The first-order chi connectivity index (χ1) is 8.20. The highest BCUT2D eigenvalue weighted by molar-refractivity contribution is 6.35. The maximum absolute atomic E-state index is 9.03. The van der Waals surface area contributed by atoms with Gasteiger partial charge in [0.05, 0.1) is 0 Å². The van der Waals surface area contributed by atoms with Crippen molar-refractivity contribution in [3.05, 3.63) is 46.0 Å². The van der Waals surface area contributed by atoms with Gasteiger partial charge in [-0.05, 0) is 24.1 Å². The fourth-order valence-electron chi connectivity index (χ4n) is 1.55. The van der Waals surface area contributed by atoms with Gasteiger partial charge in [-0.15, -0.1) is 10.2 Å². The van der Waals surface area contributed by atoms with Crippen LogP contribution in [0.2, 0.25) is 10.0 Å². The van der Waals surface area contributed by atoms with Crippen molar-refractivity contribution in [2.75, 3.05) is 0 Å². The van der Waals surface area contributed by atoms with Gasteiger partial charge in [0, 0.05) is 16.6 Å². The Kier molecular flexibility index (Phi) is 3.99. The summed E-state index contributed by atoms with van der Waals surface area (Å²) in [7, 11) is 0. The van der Waals surface area contributed by atoms with Gasteiger partial charge in [0.15, 0.2) is 5.82 Å². The lowest BCUT2D eigenvalue weighted by atomic mass is 10.1. The number of benzene rings is 1. The van der Waals surface area contributed by atoms with E-state index in [-0.39, 0.29) is 6.61 Å². The first-order valence-electron chi connectivity index (χ1n) is 5.12. The summed E-state index contributed by atoms with van der Waals surface area (Å²) in [5, 5.41) is 17.8. The summed E-state index contributed by atoms with van der Waals surface area (Å²) in [5.74, 6) is 0.551. The van der Waals surface area contributed by atoms with Crippen molar-refractivity contribution in [2.45, 2.75) is 19.6 Å². The van der Waals surface area contributed by atoms with Crippen LogP contribution >= 0.6 is 23.2 Å². The molecule has 90 valence electrons. The van der Waals surface area contributed by atoms with E-state index < -0.39 is 0 Å². The lowest BCUT2D eigenvalue weighted by Crippen LogP contribution is -2.05. The highest BCUT2D eigenvalue weighted by Crippen LogP contribution is 2.21. The number of aryl methyl sites for hydroxylation is 2. The molecule has 0 amide bonds. The molecule has 0 aliphatic heterocycles. The van der Waals surface area contributed by atoms with Crippen LogP contribution in [0.5, 0.6) is 0 Å². The molecule has 0 fully saturated rings. The third-order valence-corrected chi connectivity index (χ3v) is 3.06. The number of nitrogens with zero attached hydrogens (tertiary/aromatic N) is 3. The van der Waals surface area contributed by atoms with E-state index in [1.165, 1.54) is 0 Å². The molecule has 0 radical (unpaired) electrons. The summed E-state index contributed by atoms with van der Waals surface area (Å²) in [6.45, 7) is 0.554. The van der Waals surface area contributed by atoms with Crippen molar-refractivity contribution in [3.8, 4) is 0 Å². The third kappa shape index (κ3) is 2.97. The van der Waals surface area contributed by atoms with E-state index in [0.29, 0.717) is 22.4 Å². The van der Waals surface area contributed by atoms with Crippen LogP contribution in [-0.2, 0) is 19.6 Å². The molecule has 0 saturated heterocycles. The quantitative estimate of drug-likeness (QED) is 0.929. The molecule has 1 aromatic carbocycles. The second kappa shape index (κ2) is 5.49. The van der Waals surface area contributed by atoms with E-state index in [1.807, 2.05) is 12.1 Å². The number of hydrogen-bond donors (Lipinski definition) is 1. The molecule has 0 spiro atoms. The second-order valence-electron chi connectivity index (χ2n) is 3.58. The molecule has 1 N–H and O–H groups in total. The smallest absolute Gasteiger partial charge is 0.158 e. The molecule has 4 nitrogen and oxygen atoms in total. The van der Waals surface area contributed by atoms with Gasteiger partial charge in [0.1, 0.15) is 12.9 Å². The van der Waals surface area contributed by atoms with Crippen LogP contribution in [-0.4, -0.2) is 19.9 Å². The molecular formula is C11H11Cl2N3O. The Labute approximate surface area is 109 Å². The minimum atomic E-state index is -0.117. The number of rotatable bonds is 4. The third-order valence-electron chi connectivity index (χ3n) is 2.47. The Morgan fingerprint density at radius 3 is 2.82 bits per heavy atom. The van der Waals surface area contributed by atoms with Crippen LogP contribution in [0.1, 0.15) is 11.4 Å². The fourth-order valence-corrected chi connectivity index (χ4v) is 2.06. The van der Waals surface area contributed by atoms with Gasteiger partial charge in [-0.1, -0.05) is 29.3 Å². The number of hydrogen-bond acceptors (Lipinski definition) is 3. The molecule has 1 heterocycles. The monoisotopic (exact) mass is 271 g/mol. The zero-order chi connectivity index (χ0) is 12.3.